The number of alkyl halides is 3. The number of nitrogens with one attached hydrogen (secondary N) is 1. The molecule has 1 amide bonds. The zero-order chi connectivity index (χ0) is 24.9. The van der Waals surface area contributed by atoms with Crippen molar-refractivity contribution >= 4 is 52.5 Å². The molecule has 0 saturated carbocycles. The number of anilines is 1. The van der Waals surface area contributed by atoms with Crippen molar-refractivity contribution in [2.24, 2.45) is 0 Å². The van der Waals surface area contributed by atoms with Crippen LogP contribution in [-0.4, -0.2) is 5.91 Å². The monoisotopic (exact) mass is 524 g/mol. The van der Waals surface area contributed by atoms with Crippen LogP contribution in [0.1, 0.15) is 16.7 Å². The number of carbonyl (C=O) groups is 1. The summed E-state index contributed by atoms with van der Waals surface area (Å²) in [6, 6.07) is 15.6. The van der Waals surface area contributed by atoms with Gasteiger partial charge in [0.25, 0.3) is 5.91 Å². The number of rotatable bonds is 6. The van der Waals surface area contributed by atoms with Crippen LogP contribution < -0.4 is 10.1 Å². The summed E-state index contributed by atoms with van der Waals surface area (Å²) in [4.78, 5) is 12.6. The summed E-state index contributed by atoms with van der Waals surface area (Å²) in [5, 5.41) is 12.7. The maximum atomic E-state index is 12.9. The van der Waals surface area contributed by atoms with Gasteiger partial charge < -0.3 is 10.1 Å². The molecule has 0 saturated heterocycles. The number of hydrogen-bond acceptors (Lipinski definition) is 3. The molecule has 0 unspecified atom stereocenters. The van der Waals surface area contributed by atoms with E-state index in [2.05, 4.69) is 5.32 Å². The zero-order valence-corrected chi connectivity index (χ0v) is 19.4. The second-order valence-electron chi connectivity index (χ2n) is 6.93. The lowest BCUT2D eigenvalue weighted by atomic mass is 10.1. The largest absolute Gasteiger partial charge is 0.487 e. The Kier molecular flexibility index (Phi) is 8.11. The van der Waals surface area contributed by atoms with Gasteiger partial charge >= 0.3 is 6.18 Å². The molecule has 4 nitrogen and oxygen atoms in total. The Morgan fingerprint density at radius 3 is 2.44 bits per heavy atom. The highest BCUT2D eigenvalue weighted by atomic mass is 35.5. The number of carbonyl (C=O) groups excluding carboxylic acids is 1. The van der Waals surface area contributed by atoms with Crippen LogP contribution in [0.25, 0.3) is 6.08 Å². The van der Waals surface area contributed by atoms with Gasteiger partial charge in [-0.05, 0) is 54.1 Å². The van der Waals surface area contributed by atoms with Gasteiger partial charge in [-0.15, -0.1) is 0 Å². The van der Waals surface area contributed by atoms with Crippen molar-refractivity contribution < 1.29 is 22.7 Å². The predicted molar refractivity (Wildman–Crippen MR) is 126 cm³/mol. The molecule has 10 heteroatoms. The Morgan fingerprint density at radius 1 is 1.03 bits per heavy atom. The van der Waals surface area contributed by atoms with Crippen LogP contribution in [0.15, 0.2) is 66.2 Å². The Morgan fingerprint density at radius 2 is 1.76 bits per heavy atom. The van der Waals surface area contributed by atoms with Crippen LogP contribution in [0, 0.1) is 11.3 Å². The van der Waals surface area contributed by atoms with Crippen molar-refractivity contribution in [1.29, 1.82) is 5.26 Å². The highest BCUT2D eigenvalue weighted by molar-refractivity contribution is 6.36. The Labute approximate surface area is 208 Å². The summed E-state index contributed by atoms with van der Waals surface area (Å²) in [7, 11) is 0. The van der Waals surface area contributed by atoms with Gasteiger partial charge in [0.1, 0.15) is 24.0 Å². The van der Waals surface area contributed by atoms with E-state index in [1.165, 1.54) is 24.3 Å². The first-order valence-corrected chi connectivity index (χ1v) is 10.7. The first kappa shape index (κ1) is 25.4. The normalized spacial score (nSPS) is 11.6. The number of nitriles is 1. The maximum absolute atomic E-state index is 12.9. The zero-order valence-electron chi connectivity index (χ0n) is 17.1. The summed E-state index contributed by atoms with van der Waals surface area (Å²) in [6.07, 6.45) is -3.39. The van der Waals surface area contributed by atoms with E-state index >= 15 is 0 Å². The Bertz CT molecular complexity index is 1300. The topological polar surface area (TPSA) is 62.1 Å². The minimum absolute atomic E-state index is 0.0844. The van der Waals surface area contributed by atoms with Gasteiger partial charge in [-0.2, -0.15) is 18.4 Å². The molecule has 0 atom stereocenters. The summed E-state index contributed by atoms with van der Waals surface area (Å²) in [5.74, 6) is -0.760. The van der Waals surface area contributed by atoms with Crippen LogP contribution in [0.3, 0.4) is 0 Å². The van der Waals surface area contributed by atoms with Crippen molar-refractivity contribution in [1.82, 2.24) is 0 Å². The fourth-order valence-electron chi connectivity index (χ4n) is 2.90. The summed E-state index contributed by atoms with van der Waals surface area (Å²) >= 11 is 18.3. The summed E-state index contributed by atoms with van der Waals surface area (Å²) in [5.41, 5.74) is -0.483. The van der Waals surface area contributed by atoms with Crippen molar-refractivity contribution in [3.05, 3.63) is 98.0 Å². The van der Waals surface area contributed by atoms with Gasteiger partial charge in [0, 0.05) is 21.3 Å². The van der Waals surface area contributed by atoms with E-state index in [1.54, 1.807) is 30.3 Å². The standard InChI is InChI=1S/C24H14Cl3F3N2O2/c25-18-5-1-3-14(7-18)13-34-22-15(9-19(26)11-21(22)27)8-16(12-31)23(33)32-20-6-2-4-17(10-20)24(28,29)30/h1-11H,13H2,(H,32,33)/b16-8+. The smallest absolute Gasteiger partial charge is 0.416 e. The first-order chi connectivity index (χ1) is 16.1. The fraction of sp³-hybridized carbons (Fsp3) is 0.0833. The molecule has 0 spiro atoms. The lowest BCUT2D eigenvalue weighted by molar-refractivity contribution is -0.137. The van der Waals surface area contributed by atoms with E-state index in [0.29, 0.717) is 5.02 Å². The molecule has 0 aromatic heterocycles. The van der Waals surface area contributed by atoms with Crippen molar-refractivity contribution in [3.63, 3.8) is 0 Å². The van der Waals surface area contributed by atoms with E-state index in [1.807, 2.05) is 0 Å². The number of amides is 1. The lowest BCUT2D eigenvalue weighted by Crippen LogP contribution is -2.14. The molecule has 1 N–H and O–H groups in total. The highest BCUT2D eigenvalue weighted by Crippen LogP contribution is 2.35. The maximum Gasteiger partial charge on any atom is 0.416 e. The van der Waals surface area contributed by atoms with Crippen LogP contribution in [0.4, 0.5) is 18.9 Å². The van der Waals surface area contributed by atoms with Crippen LogP contribution in [0.5, 0.6) is 5.75 Å². The van der Waals surface area contributed by atoms with Gasteiger partial charge in [0.05, 0.1) is 10.6 Å². The lowest BCUT2D eigenvalue weighted by Gasteiger charge is -2.13. The molecule has 0 bridgehead atoms. The highest BCUT2D eigenvalue weighted by Gasteiger charge is 2.30. The summed E-state index contributed by atoms with van der Waals surface area (Å²) in [6.45, 7) is 0.0844. The third-order valence-electron chi connectivity index (χ3n) is 4.42. The van der Waals surface area contributed by atoms with Crippen LogP contribution in [0.2, 0.25) is 15.1 Å². The minimum Gasteiger partial charge on any atom is -0.487 e. The molecule has 0 radical (unpaired) electrons. The molecule has 0 heterocycles. The van der Waals surface area contributed by atoms with Gasteiger partial charge in [-0.25, -0.2) is 0 Å². The third-order valence-corrected chi connectivity index (χ3v) is 5.16. The second-order valence-corrected chi connectivity index (χ2v) is 8.21. The average Bonchev–Trinajstić information content (AvgIpc) is 2.76. The SMILES string of the molecule is N#C/C(=C\c1cc(Cl)cc(Cl)c1OCc1cccc(Cl)c1)C(=O)Nc1cccc(C(F)(F)F)c1. The van der Waals surface area contributed by atoms with E-state index < -0.39 is 23.2 Å². The van der Waals surface area contributed by atoms with Crippen LogP contribution >= 0.6 is 34.8 Å². The fourth-order valence-corrected chi connectivity index (χ4v) is 3.67. The molecule has 3 aromatic rings. The molecular formula is C24H14Cl3F3N2O2. The third kappa shape index (κ3) is 6.67. The van der Waals surface area contributed by atoms with Crippen molar-refractivity contribution in [3.8, 4) is 11.8 Å². The van der Waals surface area contributed by atoms with E-state index in [-0.39, 0.29) is 33.7 Å². The van der Waals surface area contributed by atoms with Gasteiger partial charge in [0.15, 0.2) is 0 Å². The van der Waals surface area contributed by atoms with E-state index in [9.17, 15) is 23.2 Å². The minimum atomic E-state index is -4.58. The molecule has 0 aliphatic carbocycles. The van der Waals surface area contributed by atoms with Gasteiger partial charge in [0.2, 0.25) is 0 Å². The number of benzene rings is 3. The average molecular weight is 526 g/mol. The number of nitrogens with zero attached hydrogens (tertiary/aromatic N) is 1. The number of ether oxygens (including phenoxy) is 1. The molecule has 34 heavy (non-hydrogen) atoms. The van der Waals surface area contributed by atoms with Crippen molar-refractivity contribution in [2.75, 3.05) is 5.32 Å². The Hall–Kier alpha value is -3.18. The molecule has 0 aliphatic heterocycles. The quantitative estimate of drug-likeness (QED) is 0.264. The summed E-state index contributed by atoms with van der Waals surface area (Å²) < 4.78 is 44.6. The van der Waals surface area contributed by atoms with Gasteiger partial charge in [-0.3, -0.25) is 4.79 Å². The van der Waals surface area contributed by atoms with E-state index in [4.69, 9.17) is 39.5 Å². The number of halogens is 6. The van der Waals surface area contributed by atoms with E-state index in [0.717, 1.165) is 23.8 Å². The van der Waals surface area contributed by atoms with Crippen LogP contribution in [-0.2, 0) is 17.6 Å². The van der Waals surface area contributed by atoms with Crippen molar-refractivity contribution in [2.45, 2.75) is 12.8 Å². The predicted octanol–water partition coefficient (Wildman–Crippen LogP) is 7.79. The molecule has 3 rings (SSSR count). The second kappa shape index (κ2) is 10.8. The molecular weight excluding hydrogens is 512 g/mol. The number of hydrogen-bond donors (Lipinski definition) is 1. The molecule has 174 valence electrons. The molecule has 0 aliphatic rings. The Balaban J connectivity index is 1.89. The molecule has 3 aromatic carbocycles. The molecule has 0 fully saturated rings. The van der Waals surface area contributed by atoms with Gasteiger partial charge in [-0.1, -0.05) is 53.0 Å². The first-order valence-electron chi connectivity index (χ1n) is 9.53.